The third kappa shape index (κ3) is 1.11. The Kier molecular flexibility index (Phi) is 1.82. The molecule has 0 unspecified atom stereocenters. The summed E-state index contributed by atoms with van der Waals surface area (Å²) < 4.78 is 6.77. The number of nitrogens with two attached hydrogens (primary N) is 1. The van der Waals surface area contributed by atoms with E-state index in [2.05, 4.69) is 15.2 Å². The highest BCUT2D eigenvalue weighted by molar-refractivity contribution is 5.48. The second kappa shape index (κ2) is 2.98. The summed E-state index contributed by atoms with van der Waals surface area (Å²) in [6.45, 7) is 0.342. The second-order valence-corrected chi connectivity index (χ2v) is 2.45. The van der Waals surface area contributed by atoms with E-state index in [1.165, 1.54) is 0 Å². The fraction of sp³-hybridized carbons (Fsp3) is 0.286. The van der Waals surface area contributed by atoms with E-state index in [0.29, 0.717) is 23.9 Å². The van der Waals surface area contributed by atoms with Crippen molar-refractivity contribution in [2.24, 2.45) is 5.73 Å². The summed E-state index contributed by atoms with van der Waals surface area (Å²) in [5.41, 5.74) is 6.06. The summed E-state index contributed by atoms with van der Waals surface area (Å²) in [6.07, 6.45) is 3.37. The summed E-state index contributed by atoms with van der Waals surface area (Å²) >= 11 is 0. The predicted octanol–water partition coefficient (Wildman–Crippen LogP) is -0.408. The Morgan fingerprint density at radius 3 is 3.08 bits per heavy atom. The average molecular weight is 179 g/mol. The summed E-state index contributed by atoms with van der Waals surface area (Å²) in [5, 5.41) is 7.80. The Bertz CT molecular complexity index is 424. The van der Waals surface area contributed by atoms with Crippen LogP contribution in [0.25, 0.3) is 5.65 Å². The van der Waals surface area contributed by atoms with Gasteiger partial charge in [-0.25, -0.2) is 4.98 Å². The topological polar surface area (TPSA) is 78.3 Å². The van der Waals surface area contributed by atoms with E-state index >= 15 is 0 Å². The Labute approximate surface area is 74.4 Å². The molecule has 2 rings (SSSR count). The van der Waals surface area contributed by atoms with Gasteiger partial charge in [-0.15, -0.1) is 10.2 Å². The van der Waals surface area contributed by atoms with Crippen LogP contribution in [0.4, 0.5) is 0 Å². The Hall–Kier alpha value is -1.69. The van der Waals surface area contributed by atoms with Crippen molar-refractivity contribution in [1.29, 1.82) is 0 Å². The van der Waals surface area contributed by atoms with Gasteiger partial charge < -0.3 is 10.5 Å². The molecular formula is C7H9N5O. The van der Waals surface area contributed by atoms with Crippen LogP contribution in [0.5, 0.6) is 5.88 Å². The molecule has 0 amide bonds. The molecule has 0 fully saturated rings. The van der Waals surface area contributed by atoms with E-state index in [4.69, 9.17) is 10.5 Å². The molecule has 2 aromatic heterocycles. The van der Waals surface area contributed by atoms with Gasteiger partial charge in [-0.2, -0.15) is 0 Å². The zero-order chi connectivity index (χ0) is 9.26. The highest BCUT2D eigenvalue weighted by Gasteiger charge is 2.08. The molecule has 0 atom stereocenters. The minimum absolute atomic E-state index is 0.342. The Balaban J connectivity index is 2.72. The van der Waals surface area contributed by atoms with Crippen molar-refractivity contribution in [3.8, 4) is 5.88 Å². The van der Waals surface area contributed by atoms with Crippen molar-refractivity contribution in [2.45, 2.75) is 6.54 Å². The fourth-order valence-electron chi connectivity index (χ4n) is 1.13. The third-order valence-corrected chi connectivity index (χ3v) is 1.74. The lowest BCUT2D eigenvalue weighted by molar-refractivity contribution is 0.400. The van der Waals surface area contributed by atoms with E-state index in [1.807, 2.05) is 0 Å². The largest absolute Gasteiger partial charge is 0.478 e. The maximum Gasteiger partial charge on any atom is 0.260 e. The van der Waals surface area contributed by atoms with Crippen molar-refractivity contribution in [3.05, 3.63) is 18.2 Å². The fourth-order valence-corrected chi connectivity index (χ4v) is 1.13. The SMILES string of the molecule is COc1nccn2c(CN)nnc12. The molecule has 6 nitrogen and oxygen atoms in total. The van der Waals surface area contributed by atoms with Crippen LogP contribution in [-0.4, -0.2) is 26.7 Å². The van der Waals surface area contributed by atoms with E-state index in [-0.39, 0.29) is 0 Å². The zero-order valence-electron chi connectivity index (χ0n) is 7.14. The van der Waals surface area contributed by atoms with Crippen molar-refractivity contribution in [1.82, 2.24) is 19.6 Å². The van der Waals surface area contributed by atoms with E-state index in [1.54, 1.807) is 23.9 Å². The number of hydrogen-bond acceptors (Lipinski definition) is 5. The van der Waals surface area contributed by atoms with Crippen LogP contribution < -0.4 is 10.5 Å². The molecule has 0 aliphatic heterocycles. The minimum atomic E-state index is 0.342. The average Bonchev–Trinajstić information content (AvgIpc) is 2.60. The lowest BCUT2D eigenvalue weighted by Crippen LogP contribution is -2.03. The first-order chi connectivity index (χ1) is 6.36. The van der Waals surface area contributed by atoms with Crippen LogP contribution >= 0.6 is 0 Å². The molecule has 0 aromatic carbocycles. The Morgan fingerprint density at radius 2 is 2.38 bits per heavy atom. The molecule has 0 radical (unpaired) electrons. The second-order valence-electron chi connectivity index (χ2n) is 2.45. The van der Waals surface area contributed by atoms with Crippen LogP contribution in [0.2, 0.25) is 0 Å². The van der Waals surface area contributed by atoms with Crippen LogP contribution in [0, 0.1) is 0 Å². The van der Waals surface area contributed by atoms with E-state index < -0.39 is 0 Å². The smallest absolute Gasteiger partial charge is 0.260 e. The van der Waals surface area contributed by atoms with Gasteiger partial charge in [0.1, 0.15) is 0 Å². The quantitative estimate of drug-likeness (QED) is 0.678. The number of aromatic nitrogens is 4. The maximum atomic E-state index is 5.47. The van der Waals surface area contributed by atoms with Crippen molar-refractivity contribution in [3.63, 3.8) is 0 Å². The molecule has 13 heavy (non-hydrogen) atoms. The summed E-state index contributed by atoms with van der Waals surface area (Å²) in [4.78, 5) is 3.99. The van der Waals surface area contributed by atoms with Crippen LogP contribution in [0.1, 0.15) is 5.82 Å². The summed E-state index contributed by atoms with van der Waals surface area (Å²) in [7, 11) is 1.54. The van der Waals surface area contributed by atoms with Gasteiger partial charge in [0.2, 0.25) is 5.65 Å². The first-order valence-electron chi connectivity index (χ1n) is 3.79. The molecule has 0 bridgehead atoms. The van der Waals surface area contributed by atoms with Crippen LogP contribution in [-0.2, 0) is 6.54 Å². The molecule has 2 N–H and O–H groups in total. The van der Waals surface area contributed by atoms with Crippen molar-refractivity contribution >= 4 is 5.65 Å². The lowest BCUT2D eigenvalue weighted by atomic mass is 10.5. The highest BCUT2D eigenvalue weighted by Crippen LogP contribution is 2.13. The molecule has 0 spiro atoms. The number of methoxy groups -OCH3 is 1. The van der Waals surface area contributed by atoms with E-state index in [9.17, 15) is 0 Å². The number of rotatable bonds is 2. The number of hydrogen-bond donors (Lipinski definition) is 1. The normalized spacial score (nSPS) is 10.6. The predicted molar refractivity (Wildman–Crippen MR) is 45.2 cm³/mol. The molecular weight excluding hydrogens is 170 g/mol. The summed E-state index contributed by atoms with van der Waals surface area (Å²) in [5.74, 6) is 1.14. The standard InChI is InChI=1S/C7H9N5O/c1-13-7-6-11-10-5(4-8)12(6)3-2-9-7/h2-3H,4,8H2,1H3. The van der Waals surface area contributed by atoms with Gasteiger partial charge in [-0.1, -0.05) is 0 Å². The molecule has 2 aromatic rings. The molecule has 0 saturated carbocycles. The summed E-state index contributed by atoms with van der Waals surface area (Å²) in [6, 6.07) is 0. The first kappa shape index (κ1) is 7.93. The van der Waals surface area contributed by atoms with Gasteiger partial charge >= 0.3 is 0 Å². The monoisotopic (exact) mass is 179 g/mol. The molecule has 2 heterocycles. The molecule has 0 saturated heterocycles. The van der Waals surface area contributed by atoms with Gasteiger partial charge in [0.15, 0.2) is 5.82 Å². The highest BCUT2D eigenvalue weighted by atomic mass is 16.5. The third-order valence-electron chi connectivity index (χ3n) is 1.74. The number of fused-ring (bicyclic) bond motifs is 1. The van der Waals surface area contributed by atoms with Crippen LogP contribution in [0.15, 0.2) is 12.4 Å². The van der Waals surface area contributed by atoms with Gasteiger partial charge in [-0.05, 0) is 0 Å². The van der Waals surface area contributed by atoms with Gasteiger partial charge in [0.05, 0.1) is 13.7 Å². The molecule has 6 heteroatoms. The molecule has 0 aliphatic carbocycles. The van der Waals surface area contributed by atoms with Crippen molar-refractivity contribution in [2.75, 3.05) is 7.11 Å². The number of ether oxygens (including phenoxy) is 1. The molecule has 0 aliphatic rings. The number of nitrogens with zero attached hydrogens (tertiary/aromatic N) is 4. The van der Waals surface area contributed by atoms with E-state index in [0.717, 1.165) is 0 Å². The van der Waals surface area contributed by atoms with Crippen molar-refractivity contribution < 1.29 is 4.74 Å². The zero-order valence-corrected chi connectivity index (χ0v) is 7.14. The lowest BCUT2D eigenvalue weighted by Gasteiger charge is -1.99. The Morgan fingerprint density at radius 1 is 1.54 bits per heavy atom. The van der Waals surface area contributed by atoms with Gasteiger partial charge in [0.25, 0.3) is 5.88 Å². The van der Waals surface area contributed by atoms with Crippen LogP contribution in [0.3, 0.4) is 0 Å². The first-order valence-corrected chi connectivity index (χ1v) is 3.79. The minimum Gasteiger partial charge on any atom is -0.478 e. The van der Waals surface area contributed by atoms with Gasteiger partial charge in [0, 0.05) is 12.4 Å². The van der Waals surface area contributed by atoms with Gasteiger partial charge in [-0.3, -0.25) is 4.40 Å². The maximum absolute atomic E-state index is 5.47. The molecule has 68 valence electrons.